The lowest BCUT2D eigenvalue weighted by Gasteiger charge is -2.10. The van der Waals surface area contributed by atoms with E-state index in [1.165, 1.54) is 0 Å². The first-order chi connectivity index (χ1) is 8.94. The lowest BCUT2D eigenvalue weighted by molar-refractivity contribution is -0.173. The van der Waals surface area contributed by atoms with E-state index in [-0.39, 0.29) is 13.2 Å². The number of amides is 1. The van der Waals surface area contributed by atoms with Crippen molar-refractivity contribution in [2.75, 3.05) is 25.2 Å². The quantitative estimate of drug-likeness (QED) is 0.416. The van der Waals surface area contributed by atoms with E-state index in [2.05, 4.69) is 15.5 Å². The summed E-state index contributed by atoms with van der Waals surface area (Å²) in [6, 6.07) is 6.49. The second-order valence-electron chi connectivity index (χ2n) is 3.61. The number of anilines is 1. The number of rotatable bonds is 6. The van der Waals surface area contributed by atoms with Crippen LogP contribution in [0.25, 0.3) is 0 Å². The molecule has 1 amide bonds. The SMILES string of the molecule is NNc1ccccc1C(=O)NCCOCC(F)(F)F. The zero-order chi connectivity index (χ0) is 14.3. The molecule has 0 saturated heterocycles. The van der Waals surface area contributed by atoms with Crippen LogP contribution in [0.15, 0.2) is 24.3 Å². The van der Waals surface area contributed by atoms with Gasteiger partial charge in [-0.25, -0.2) is 0 Å². The van der Waals surface area contributed by atoms with Crippen molar-refractivity contribution < 1.29 is 22.7 Å². The van der Waals surface area contributed by atoms with Crippen LogP contribution >= 0.6 is 0 Å². The van der Waals surface area contributed by atoms with E-state index in [1.54, 1.807) is 24.3 Å². The van der Waals surface area contributed by atoms with Gasteiger partial charge in [-0.05, 0) is 12.1 Å². The predicted octanol–water partition coefficient (Wildman–Crippen LogP) is 1.28. The van der Waals surface area contributed by atoms with Crippen molar-refractivity contribution in [3.05, 3.63) is 29.8 Å². The van der Waals surface area contributed by atoms with Crippen LogP contribution < -0.4 is 16.6 Å². The topological polar surface area (TPSA) is 76.4 Å². The average molecular weight is 277 g/mol. The number of halogens is 3. The largest absolute Gasteiger partial charge is 0.411 e. The Morgan fingerprint density at radius 3 is 2.63 bits per heavy atom. The Morgan fingerprint density at radius 1 is 1.32 bits per heavy atom. The Labute approximate surface area is 107 Å². The molecule has 0 radical (unpaired) electrons. The number of hydrazine groups is 1. The minimum atomic E-state index is -4.36. The second kappa shape index (κ2) is 6.95. The summed E-state index contributed by atoms with van der Waals surface area (Å²) in [7, 11) is 0. The van der Waals surface area contributed by atoms with Crippen LogP contribution in [0.1, 0.15) is 10.4 Å². The zero-order valence-electron chi connectivity index (χ0n) is 9.96. The molecule has 1 rings (SSSR count). The van der Waals surface area contributed by atoms with E-state index in [4.69, 9.17) is 5.84 Å². The number of carbonyl (C=O) groups excluding carboxylic acids is 1. The molecule has 8 heteroatoms. The van der Waals surface area contributed by atoms with Crippen LogP contribution in [0.2, 0.25) is 0 Å². The van der Waals surface area contributed by atoms with Crippen LogP contribution in [0.5, 0.6) is 0 Å². The summed E-state index contributed by atoms with van der Waals surface area (Å²) >= 11 is 0. The van der Waals surface area contributed by atoms with E-state index in [0.29, 0.717) is 11.3 Å². The number of nitrogens with one attached hydrogen (secondary N) is 2. The molecule has 0 unspecified atom stereocenters. The minimum Gasteiger partial charge on any atom is -0.370 e. The lowest BCUT2D eigenvalue weighted by Crippen LogP contribution is -2.29. The molecule has 0 spiro atoms. The second-order valence-corrected chi connectivity index (χ2v) is 3.61. The van der Waals surface area contributed by atoms with Crippen LogP contribution in [0.4, 0.5) is 18.9 Å². The molecule has 0 heterocycles. The first-order valence-corrected chi connectivity index (χ1v) is 5.42. The molecule has 0 aliphatic rings. The average Bonchev–Trinajstić information content (AvgIpc) is 2.36. The van der Waals surface area contributed by atoms with E-state index in [0.717, 1.165) is 0 Å². The number of nitrogen functional groups attached to an aromatic ring is 1. The monoisotopic (exact) mass is 277 g/mol. The number of nitrogens with two attached hydrogens (primary N) is 1. The Balaban J connectivity index is 2.35. The van der Waals surface area contributed by atoms with Crippen LogP contribution in [-0.2, 0) is 4.74 Å². The number of hydrogen-bond donors (Lipinski definition) is 3. The van der Waals surface area contributed by atoms with Gasteiger partial charge in [0.05, 0.1) is 17.9 Å². The fourth-order valence-electron chi connectivity index (χ4n) is 1.33. The van der Waals surface area contributed by atoms with Crippen molar-refractivity contribution in [3.8, 4) is 0 Å². The van der Waals surface area contributed by atoms with Gasteiger partial charge in [-0.3, -0.25) is 10.6 Å². The summed E-state index contributed by atoms with van der Waals surface area (Å²) < 4.78 is 39.7. The van der Waals surface area contributed by atoms with Gasteiger partial charge in [-0.15, -0.1) is 0 Å². The highest BCUT2D eigenvalue weighted by Crippen LogP contribution is 2.14. The number of alkyl halides is 3. The maximum Gasteiger partial charge on any atom is 0.411 e. The van der Waals surface area contributed by atoms with Gasteiger partial charge in [-0.1, -0.05) is 12.1 Å². The predicted molar refractivity (Wildman–Crippen MR) is 63.5 cm³/mol. The molecule has 1 aromatic carbocycles. The molecular formula is C11H14F3N3O2. The van der Waals surface area contributed by atoms with Gasteiger partial charge in [0, 0.05) is 6.54 Å². The summed E-state index contributed by atoms with van der Waals surface area (Å²) in [6.07, 6.45) is -4.36. The van der Waals surface area contributed by atoms with Crippen molar-refractivity contribution >= 4 is 11.6 Å². The third-order valence-corrected chi connectivity index (χ3v) is 2.12. The summed E-state index contributed by atoms with van der Waals surface area (Å²) in [4.78, 5) is 11.7. The number of hydrogen-bond acceptors (Lipinski definition) is 4. The molecule has 1 aromatic rings. The third kappa shape index (κ3) is 5.58. The maximum absolute atomic E-state index is 11.8. The van der Waals surface area contributed by atoms with Gasteiger partial charge in [0.25, 0.3) is 5.91 Å². The molecule has 0 aromatic heterocycles. The Kier molecular flexibility index (Phi) is 5.58. The van der Waals surface area contributed by atoms with Crippen molar-refractivity contribution in [1.82, 2.24) is 5.32 Å². The summed E-state index contributed by atoms with van der Waals surface area (Å²) in [5.41, 5.74) is 3.09. The molecule has 4 N–H and O–H groups in total. The van der Waals surface area contributed by atoms with Gasteiger partial charge in [0.2, 0.25) is 0 Å². The highest BCUT2D eigenvalue weighted by Gasteiger charge is 2.27. The Hall–Kier alpha value is -1.80. The highest BCUT2D eigenvalue weighted by molar-refractivity contribution is 5.99. The fourth-order valence-corrected chi connectivity index (χ4v) is 1.33. The van der Waals surface area contributed by atoms with E-state index in [9.17, 15) is 18.0 Å². The molecule has 0 bridgehead atoms. The molecule has 106 valence electrons. The summed E-state index contributed by atoms with van der Waals surface area (Å²) in [5.74, 6) is 4.79. The van der Waals surface area contributed by atoms with Crippen molar-refractivity contribution in [2.24, 2.45) is 5.84 Å². The maximum atomic E-state index is 11.8. The van der Waals surface area contributed by atoms with Crippen molar-refractivity contribution in [3.63, 3.8) is 0 Å². The zero-order valence-corrected chi connectivity index (χ0v) is 9.96. The van der Waals surface area contributed by atoms with Crippen molar-refractivity contribution in [1.29, 1.82) is 0 Å². The molecule has 0 aliphatic heterocycles. The van der Waals surface area contributed by atoms with Gasteiger partial charge in [0.15, 0.2) is 0 Å². The Bertz CT molecular complexity index is 424. The van der Waals surface area contributed by atoms with Crippen molar-refractivity contribution in [2.45, 2.75) is 6.18 Å². The Morgan fingerprint density at radius 2 is 2.00 bits per heavy atom. The minimum absolute atomic E-state index is 0.0200. The first-order valence-electron chi connectivity index (χ1n) is 5.42. The highest BCUT2D eigenvalue weighted by atomic mass is 19.4. The van der Waals surface area contributed by atoms with Crippen LogP contribution in [0.3, 0.4) is 0 Å². The third-order valence-electron chi connectivity index (χ3n) is 2.12. The number of carbonyl (C=O) groups is 1. The first kappa shape index (κ1) is 15.3. The number of ether oxygens (including phenoxy) is 1. The van der Waals surface area contributed by atoms with Gasteiger partial charge < -0.3 is 15.5 Å². The van der Waals surface area contributed by atoms with Crippen LogP contribution in [0, 0.1) is 0 Å². The van der Waals surface area contributed by atoms with Gasteiger partial charge in [0.1, 0.15) is 6.61 Å². The van der Waals surface area contributed by atoms with Gasteiger partial charge >= 0.3 is 6.18 Å². The number of para-hydroxylation sites is 1. The molecule has 19 heavy (non-hydrogen) atoms. The molecule has 0 fully saturated rings. The molecular weight excluding hydrogens is 263 g/mol. The molecule has 0 aliphatic carbocycles. The molecule has 0 saturated carbocycles. The summed E-state index contributed by atoms with van der Waals surface area (Å²) in [6.45, 7) is -1.57. The smallest absolute Gasteiger partial charge is 0.370 e. The van der Waals surface area contributed by atoms with Crippen LogP contribution in [-0.4, -0.2) is 31.8 Å². The van der Waals surface area contributed by atoms with E-state index < -0.39 is 18.7 Å². The standard InChI is InChI=1S/C11H14F3N3O2/c12-11(13,14)7-19-6-5-16-10(18)8-3-1-2-4-9(8)17-15/h1-4,17H,5-7,15H2,(H,16,18). The van der Waals surface area contributed by atoms with E-state index in [1.807, 2.05) is 0 Å². The lowest BCUT2D eigenvalue weighted by atomic mass is 10.1. The van der Waals surface area contributed by atoms with Gasteiger partial charge in [-0.2, -0.15) is 13.2 Å². The fraction of sp³-hybridized carbons (Fsp3) is 0.364. The molecule has 0 atom stereocenters. The number of benzene rings is 1. The summed E-state index contributed by atoms with van der Waals surface area (Å²) in [5, 5.41) is 2.43. The normalized spacial score (nSPS) is 11.2. The molecule has 5 nitrogen and oxygen atoms in total. The van der Waals surface area contributed by atoms with E-state index >= 15 is 0 Å².